The van der Waals surface area contributed by atoms with E-state index in [9.17, 15) is 4.39 Å². The Morgan fingerprint density at radius 2 is 2.27 bits per heavy atom. The summed E-state index contributed by atoms with van der Waals surface area (Å²) in [6, 6.07) is 0.296. The third-order valence-corrected chi connectivity index (χ3v) is 2.30. The first kappa shape index (κ1) is 8.94. The molecule has 3 atom stereocenters. The lowest BCUT2D eigenvalue weighted by atomic mass is 10.0. The van der Waals surface area contributed by atoms with Crippen molar-refractivity contribution in [3.05, 3.63) is 0 Å². The molecule has 0 aliphatic carbocycles. The van der Waals surface area contributed by atoms with Crippen LogP contribution in [0.4, 0.5) is 4.39 Å². The van der Waals surface area contributed by atoms with Gasteiger partial charge in [0.25, 0.3) is 0 Å². The standard InChI is InChI=1S/C8H17FN2/c1-6(11-7(2)9)8-3-4-10-5-8/h6-8,10-11H,3-5H2,1-2H3/t6-,7?,8-/m1/s1. The predicted molar refractivity (Wildman–Crippen MR) is 44.1 cm³/mol. The Hall–Kier alpha value is -0.150. The lowest BCUT2D eigenvalue weighted by Crippen LogP contribution is -2.38. The van der Waals surface area contributed by atoms with Gasteiger partial charge in [-0.05, 0) is 39.3 Å². The molecule has 1 rings (SSSR count). The SMILES string of the molecule is CC(F)N[C@H](C)[C@@H]1CCNC1. The van der Waals surface area contributed by atoms with Gasteiger partial charge in [-0.15, -0.1) is 0 Å². The summed E-state index contributed by atoms with van der Waals surface area (Å²) in [5.74, 6) is 0.605. The van der Waals surface area contributed by atoms with E-state index in [0.29, 0.717) is 12.0 Å². The molecule has 1 fully saturated rings. The Balaban J connectivity index is 2.22. The van der Waals surface area contributed by atoms with E-state index in [0.717, 1.165) is 13.1 Å². The minimum Gasteiger partial charge on any atom is -0.316 e. The zero-order chi connectivity index (χ0) is 8.27. The molecule has 1 saturated heterocycles. The van der Waals surface area contributed by atoms with Crippen molar-refractivity contribution in [2.75, 3.05) is 13.1 Å². The summed E-state index contributed by atoms with van der Waals surface area (Å²) < 4.78 is 12.5. The molecule has 3 heteroatoms. The van der Waals surface area contributed by atoms with Gasteiger partial charge in [0, 0.05) is 6.04 Å². The fourth-order valence-corrected chi connectivity index (χ4v) is 1.60. The summed E-state index contributed by atoms with van der Waals surface area (Å²) in [4.78, 5) is 0. The van der Waals surface area contributed by atoms with Crippen LogP contribution in [0, 0.1) is 5.92 Å². The van der Waals surface area contributed by atoms with Crippen molar-refractivity contribution in [2.24, 2.45) is 5.92 Å². The van der Waals surface area contributed by atoms with Crippen LogP contribution >= 0.6 is 0 Å². The number of rotatable bonds is 3. The maximum Gasteiger partial charge on any atom is 0.148 e. The first-order valence-corrected chi connectivity index (χ1v) is 4.31. The van der Waals surface area contributed by atoms with E-state index in [-0.39, 0.29) is 0 Å². The monoisotopic (exact) mass is 160 g/mol. The van der Waals surface area contributed by atoms with Crippen LogP contribution in [0.1, 0.15) is 20.3 Å². The second kappa shape index (κ2) is 4.02. The Morgan fingerprint density at radius 1 is 1.55 bits per heavy atom. The van der Waals surface area contributed by atoms with E-state index in [1.807, 2.05) is 6.92 Å². The van der Waals surface area contributed by atoms with Crippen LogP contribution in [0.2, 0.25) is 0 Å². The molecule has 0 saturated carbocycles. The first-order valence-electron chi connectivity index (χ1n) is 4.31. The van der Waals surface area contributed by atoms with Crippen molar-refractivity contribution in [1.29, 1.82) is 0 Å². The van der Waals surface area contributed by atoms with Gasteiger partial charge in [-0.1, -0.05) is 0 Å². The van der Waals surface area contributed by atoms with Crippen LogP contribution in [-0.2, 0) is 0 Å². The molecule has 0 bridgehead atoms. The third-order valence-electron chi connectivity index (χ3n) is 2.30. The normalized spacial score (nSPS) is 30.3. The molecular weight excluding hydrogens is 143 g/mol. The molecule has 1 aliphatic rings. The summed E-state index contributed by atoms with van der Waals surface area (Å²) in [6.07, 6.45) is 0.284. The predicted octanol–water partition coefficient (Wildman–Crippen LogP) is 0.889. The quantitative estimate of drug-likeness (QED) is 0.599. The Labute approximate surface area is 67.6 Å². The number of alkyl halides is 1. The maximum absolute atomic E-state index is 12.5. The minimum atomic E-state index is -0.884. The molecule has 66 valence electrons. The van der Waals surface area contributed by atoms with Gasteiger partial charge in [0.05, 0.1) is 0 Å². The maximum atomic E-state index is 12.5. The average molecular weight is 160 g/mol. The molecule has 0 amide bonds. The number of nitrogens with one attached hydrogen (secondary N) is 2. The highest BCUT2D eigenvalue weighted by Gasteiger charge is 2.21. The van der Waals surface area contributed by atoms with Crippen molar-refractivity contribution >= 4 is 0 Å². The first-order chi connectivity index (χ1) is 5.20. The van der Waals surface area contributed by atoms with E-state index >= 15 is 0 Å². The minimum absolute atomic E-state index is 0.296. The smallest absolute Gasteiger partial charge is 0.148 e. The van der Waals surface area contributed by atoms with Crippen molar-refractivity contribution in [2.45, 2.75) is 32.6 Å². The molecule has 2 N–H and O–H groups in total. The van der Waals surface area contributed by atoms with Gasteiger partial charge >= 0.3 is 0 Å². The third kappa shape index (κ3) is 2.75. The topological polar surface area (TPSA) is 24.1 Å². The molecule has 0 radical (unpaired) electrons. The average Bonchev–Trinajstić information content (AvgIpc) is 2.35. The van der Waals surface area contributed by atoms with E-state index in [1.54, 1.807) is 6.92 Å². The molecule has 0 aromatic heterocycles. The molecule has 2 nitrogen and oxygen atoms in total. The summed E-state index contributed by atoms with van der Waals surface area (Å²) in [5, 5.41) is 6.14. The zero-order valence-electron chi connectivity index (χ0n) is 7.23. The highest BCUT2D eigenvalue weighted by Crippen LogP contribution is 2.12. The molecule has 1 heterocycles. The zero-order valence-corrected chi connectivity index (χ0v) is 7.23. The fourth-order valence-electron chi connectivity index (χ4n) is 1.60. The van der Waals surface area contributed by atoms with Gasteiger partial charge in [0.2, 0.25) is 0 Å². The van der Waals surface area contributed by atoms with E-state index in [1.165, 1.54) is 6.42 Å². The second-order valence-electron chi connectivity index (χ2n) is 3.32. The van der Waals surface area contributed by atoms with Gasteiger partial charge in [-0.25, -0.2) is 4.39 Å². The van der Waals surface area contributed by atoms with Crippen molar-refractivity contribution < 1.29 is 4.39 Å². The highest BCUT2D eigenvalue weighted by molar-refractivity contribution is 4.80. The van der Waals surface area contributed by atoms with Crippen LogP contribution in [0.3, 0.4) is 0 Å². The molecule has 0 aromatic rings. The molecule has 1 aliphatic heterocycles. The molecule has 0 aromatic carbocycles. The largest absolute Gasteiger partial charge is 0.316 e. The van der Waals surface area contributed by atoms with Gasteiger partial charge in [-0.3, -0.25) is 5.32 Å². The van der Waals surface area contributed by atoms with Crippen LogP contribution in [0.15, 0.2) is 0 Å². The van der Waals surface area contributed by atoms with Gasteiger partial charge in [0.1, 0.15) is 6.30 Å². The van der Waals surface area contributed by atoms with Crippen LogP contribution in [-0.4, -0.2) is 25.4 Å². The van der Waals surface area contributed by atoms with Gasteiger partial charge < -0.3 is 5.32 Å². The molecule has 11 heavy (non-hydrogen) atoms. The highest BCUT2D eigenvalue weighted by atomic mass is 19.1. The molecule has 1 unspecified atom stereocenters. The lowest BCUT2D eigenvalue weighted by molar-refractivity contribution is 0.243. The fraction of sp³-hybridized carbons (Fsp3) is 1.00. The summed E-state index contributed by atoms with van der Waals surface area (Å²) in [5.41, 5.74) is 0. The van der Waals surface area contributed by atoms with Crippen LogP contribution in [0.25, 0.3) is 0 Å². The van der Waals surface area contributed by atoms with Crippen molar-refractivity contribution in [3.8, 4) is 0 Å². The van der Waals surface area contributed by atoms with Crippen LogP contribution in [0.5, 0.6) is 0 Å². The van der Waals surface area contributed by atoms with E-state index in [2.05, 4.69) is 10.6 Å². The lowest BCUT2D eigenvalue weighted by Gasteiger charge is -2.20. The van der Waals surface area contributed by atoms with E-state index < -0.39 is 6.30 Å². The van der Waals surface area contributed by atoms with E-state index in [4.69, 9.17) is 0 Å². The molecule has 0 spiro atoms. The van der Waals surface area contributed by atoms with Gasteiger partial charge in [-0.2, -0.15) is 0 Å². The van der Waals surface area contributed by atoms with Gasteiger partial charge in [0.15, 0.2) is 0 Å². The number of hydrogen-bond donors (Lipinski definition) is 2. The summed E-state index contributed by atoms with van der Waals surface area (Å²) >= 11 is 0. The number of hydrogen-bond acceptors (Lipinski definition) is 2. The van der Waals surface area contributed by atoms with Crippen molar-refractivity contribution in [1.82, 2.24) is 10.6 Å². The Bertz CT molecular complexity index is 111. The van der Waals surface area contributed by atoms with Crippen LogP contribution < -0.4 is 10.6 Å². The summed E-state index contributed by atoms with van der Waals surface area (Å²) in [6.45, 7) is 5.70. The number of halogens is 1. The van der Waals surface area contributed by atoms with Crippen molar-refractivity contribution in [3.63, 3.8) is 0 Å². The Kier molecular flexibility index (Phi) is 3.27. The summed E-state index contributed by atoms with van der Waals surface area (Å²) in [7, 11) is 0. The second-order valence-corrected chi connectivity index (χ2v) is 3.32. The Morgan fingerprint density at radius 3 is 2.73 bits per heavy atom. The molecular formula is C8H17FN2.